The molecule has 0 radical (unpaired) electrons. The molecular weight excluding hydrogens is 230 g/mol. The van der Waals surface area contributed by atoms with Crippen LogP contribution in [0.2, 0.25) is 0 Å². The molecule has 1 aliphatic heterocycles. The Labute approximate surface area is 105 Å². The minimum absolute atomic E-state index is 0.518. The quantitative estimate of drug-likeness (QED) is 0.855. The number of aromatic amines is 1. The maximum Gasteiger partial charge on any atom is 0.140 e. The van der Waals surface area contributed by atoms with Crippen molar-refractivity contribution in [3.63, 3.8) is 0 Å². The Morgan fingerprint density at radius 3 is 3.06 bits per heavy atom. The van der Waals surface area contributed by atoms with Gasteiger partial charge in [0.1, 0.15) is 5.01 Å². The Hall–Kier alpha value is -1.13. The summed E-state index contributed by atoms with van der Waals surface area (Å²) in [7, 11) is 0. The van der Waals surface area contributed by atoms with E-state index in [-0.39, 0.29) is 0 Å². The van der Waals surface area contributed by atoms with E-state index in [0.717, 1.165) is 17.2 Å². The van der Waals surface area contributed by atoms with Crippen molar-refractivity contribution in [3.05, 3.63) is 28.9 Å². The summed E-state index contributed by atoms with van der Waals surface area (Å²) in [5, 5.41) is 4.70. The highest BCUT2D eigenvalue weighted by Gasteiger charge is 2.20. The van der Waals surface area contributed by atoms with Gasteiger partial charge in [-0.1, -0.05) is 6.42 Å². The largest absolute Gasteiger partial charge is 0.359 e. The van der Waals surface area contributed by atoms with E-state index in [1.165, 1.54) is 29.8 Å². The van der Waals surface area contributed by atoms with E-state index in [9.17, 15) is 0 Å². The fraction of sp³-hybridized carbons (Fsp3) is 0.462. The predicted octanol–water partition coefficient (Wildman–Crippen LogP) is 3.26. The zero-order valence-electron chi connectivity index (χ0n) is 9.99. The van der Waals surface area contributed by atoms with Crippen molar-refractivity contribution in [2.45, 2.75) is 32.2 Å². The molecular formula is C13H17N3S. The lowest BCUT2D eigenvalue weighted by Crippen LogP contribution is -2.26. The molecule has 1 unspecified atom stereocenters. The zero-order chi connectivity index (χ0) is 11.7. The Morgan fingerprint density at radius 2 is 2.35 bits per heavy atom. The van der Waals surface area contributed by atoms with Crippen molar-refractivity contribution in [2.24, 2.45) is 0 Å². The minimum atomic E-state index is 0.518. The van der Waals surface area contributed by atoms with Crippen molar-refractivity contribution in [1.29, 1.82) is 0 Å². The van der Waals surface area contributed by atoms with Gasteiger partial charge in [-0.3, -0.25) is 0 Å². The Bertz CT molecular complexity index is 481. The molecule has 90 valence electrons. The number of piperidine rings is 1. The summed E-state index contributed by atoms with van der Waals surface area (Å²) >= 11 is 1.82. The summed E-state index contributed by atoms with van der Waals surface area (Å²) in [6.07, 6.45) is 5.82. The number of hydrogen-bond donors (Lipinski definition) is 2. The van der Waals surface area contributed by atoms with Crippen LogP contribution in [0.15, 0.2) is 18.3 Å². The van der Waals surface area contributed by atoms with Gasteiger partial charge in [-0.15, -0.1) is 11.3 Å². The molecule has 3 rings (SSSR count). The molecule has 17 heavy (non-hydrogen) atoms. The van der Waals surface area contributed by atoms with E-state index in [4.69, 9.17) is 0 Å². The number of aryl methyl sites for hydroxylation is 1. The average molecular weight is 247 g/mol. The molecule has 0 aromatic carbocycles. The van der Waals surface area contributed by atoms with Gasteiger partial charge >= 0.3 is 0 Å². The molecule has 2 aromatic rings. The Balaban J connectivity index is 1.90. The standard InChI is InChI=1S/C13H17N3S/c1-9-12(10-5-2-3-7-14-10)17-13(16-9)11-6-4-8-15-11/h4,6,8,10,14-15H,2-3,5,7H2,1H3. The van der Waals surface area contributed by atoms with E-state index in [1.807, 2.05) is 23.6 Å². The van der Waals surface area contributed by atoms with Crippen LogP contribution in [0.25, 0.3) is 10.7 Å². The molecule has 0 spiro atoms. The van der Waals surface area contributed by atoms with Crippen LogP contribution < -0.4 is 5.32 Å². The molecule has 3 heterocycles. The Morgan fingerprint density at radius 1 is 1.41 bits per heavy atom. The molecule has 0 aliphatic carbocycles. The summed E-state index contributed by atoms with van der Waals surface area (Å²) in [4.78, 5) is 9.31. The molecule has 0 amide bonds. The smallest absolute Gasteiger partial charge is 0.140 e. The van der Waals surface area contributed by atoms with Crippen LogP contribution in [0.3, 0.4) is 0 Å². The summed E-state index contributed by atoms with van der Waals surface area (Å²) in [6, 6.07) is 4.62. The first-order valence-electron chi connectivity index (χ1n) is 6.19. The van der Waals surface area contributed by atoms with Crippen molar-refractivity contribution in [2.75, 3.05) is 6.54 Å². The first-order chi connectivity index (χ1) is 8.34. The SMILES string of the molecule is Cc1nc(-c2ccc[nH]2)sc1C1CCCCN1. The van der Waals surface area contributed by atoms with Crippen LogP contribution in [-0.2, 0) is 0 Å². The van der Waals surface area contributed by atoms with Gasteiger partial charge in [0.2, 0.25) is 0 Å². The van der Waals surface area contributed by atoms with Crippen LogP contribution >= 0.6 is 11.3 Å². The molecule has 0 bridgehead atoms. The molecule has 4 heteroatoms. The van der Waals surface area contributed by atoms with Crippen LogP contribution in [0.4, 0.5) is 0 Å². The van der Waals surface area contributed by atoms with Gasteiger partial charge < -0.3 is 10.3 Å². The molecule has 3 nitrogen and oxygen atoms in total. The normalized spacial score (nSPS) is 20.6. The molecule has 2 N–H and O–H groups in total. The second kappa shape index (κ2) is 4.63. The van der Waals surface area contributed by atoms with Crippen LogP contribution in [-0.4, -0.2) is 16.5 Å². The third kappa shape index (κ3) is 2.15. The number of hydrogen-bond acceptors (Lipinski definition) is 3. The lowest BCUT2D eigenvalue weighted by molar-refractivity contribution is 0.415. The number of H-pyrrole nitrogens is 1. The van der Waals surface area contributed by atoms with Gasteiger partial charge in [0.25, 0.3) is 0 Å². The van der Waals surface area contributed by atoms with Crippen molar-refractivity contribution in [1.82, 2.24) is 15.3 Å². The van der Waals surface area contributed by atoms with E-state index in [1.54, 1.807) is 0 Å². The molecule has 1 aliphatic rings. The van der Waals surface area contributed by atoms with Crippen LogP contribution in [0.1, 0.15) is 35.9 Å². The summed E-state index contributed by atoms with van der Waals surface area (Å²) in [6.45, 7) is 3.26. The second-order valence-corrected chi connectivity index (χ2v) is 5.59. The maximum atomic E-state index is 4.68. The number of nitrogens with zero attached hydrogens (tertiary/aromatic N) is 1. The molecule has 2 aromatic heterocycles. The third-order valence-corrected chi connectivity index (χ3v) is 4.59. The second-order valence-electron chi connectivity index (χ2n) is 4.55. The van der Waals surface area contributed by atoms with Crippen molar-refractivity contribution < 1.29 is 0 Å². The van der Waals surface area contributed by atoms with Gasteiger partial charge in [-0.2, -0.15) is 0 Å². The van der Waals surface area contributed by atoms with Crippen LogP contribution in [0, 0.1) is 6.92 Å². The minimum Gasteiger partial charge on any atom is -0.359 e. The highest BCUT2D eigenvalue weighted by atomic mass is 32.1. The number of aromatic nitrogens is 2. The third-order valence-electron chi connectivity index (χ3n) is 3.29. The first kappa shape index (κ1) is 11.0. The zero-order valence-corrected chi connectivity index (χ0v) is 10.8. The van der Waals surface area contributed by atoms with E-state index in [2.05, 4.69) is 28.3 Å². The van der Waals surface area contributed by atoms with E-state index in [0.29, 0.717) is 6.04 Å². The highest BCUT2D eigenvalue weighted by Crippen LogP contribution is 2.34. The van der Waals surface area contributed by atoms with Gasteiger partial charge in [0, 0.05) is 17.1 Å². The van der Waals surface area contributed by atoms with Gasteiger partial charge in [-0.25, -0.2) is 4.98 Å². The maximum absolute atomic E-state index is 4.68. The molecule has 1 fully saturated rings. The molecule has 0 saturated carbocycles. The van der Waals surface area contributed by atoms with Crippen molar-refractivity contribution >= 4 is 11.3 Å². The van der Waals surface area contributed by atoms with Gasteiger partial charge in [0.15, 0.2) is 0 Å². The topological polar surface area (TPSA) is 40.7 Å². The first-order valence-corrected chi connectivity index (χ1v) is 7.01. The molecule has 1 saturated heterocycles. The van der Waals surface area contributed by atoms with Crippen LogP contribution in [0.5, 0.6) is 0 Å². The predicted molar refractivity (Wildman–Crippen MR) is 71.2 cm³/mol. The fourth-order valence-electron chi connectivity index (χ4n) is 2.39. The fourth-order valence-corrected chi connectivity index (χ4v) is 3.55. The molecule has 1 atom stereocenters. The van der Waals surface area contributed by atoms with Gasteiger partial charge in [0.05, 0.1) is 11.4 Å². The lowest BCUT2D eigenvalue weighted by atomic mass is 10.0. The average Bonchev–Trinajstić information content (AvgIpc) is 2.99. The monoisotopic (exact) mass is 247 g/mol. The number of thiazole rings is 1. The summed E-state index contributed by atoms with van der Waals surface area (Å²) in [5.74, 6) is 0. The van der Waals surface area contributed by atoms with E-state index < -0.39 is 0 Å². The van der Waals surface area contributed by atoms with E-state index >= 15 is 0 Å². The van der Waals surface area contributed by atoms with Crippen molar-refractivity contribution in [3.8, 4) is 10.7 Å². The number of nitrogens with one attached hydrogen (secondary N) is 2. The highest BCUT2D eigenvalue weighted by molar-refractivity contribution is 7.15. The van der Waals surface area contributed by atoms with Gasteiger partial charge in [-0.05, 0) is 38.4 Å². The Kier molecular flexibility index (Phi) is 2.99. The summed E-state index contributed by atoms with van der Waals surface area (Å²) < 4.78 is 0. The number of rotatable bonds is 2. The summed E-state index contributed by atoms with van der Waals surface area (Å²) in [5.41, 5.74) is 2.30. The lowest BCUT2D eigenvalue weighted by Gasteiger charge is -2.22.